The summed E-state index contributed by atoms with van der Waals surface area (Å²) in [5, 5.41) is 0. The summed E-state index contributed by atoms with van der Waals surface area (Å²) in [4.78, 5) is 18.3. The Morgan fingerprint density at radius 3 is 2.81 bits per heavy atom. The number of nitrogens with one attached hydrogen (secondary N) is 1. The van der Waals surface area contributed by atoms with Crippen LogP contribution in [0.2, 0.25) is 0 Å². The number of nitrogens with two attached hydrogens (primary N) is 1. The predicted molar refractivity (Wildman–Crippen MR) is 58.4 cm³/mol. The van der Waals surface area contributed by atoms with Crippen LogP contribution >= 0.6 is 0 Å². The highest BCUT2D eigenvalue weighted by Crippen LogP contribution is 2.27. The molecule has 0 spiro atoms. The normalized spacial score (nSPS) is 10.4. The van der Waals surface area contributed by atoms with Gasteiger partial charge in [0.25, 0.3) is 0 Å². The molecule has 6 heteroatoms. The van der Waals surface area contributed by atoms with Crippen molar-refractivity contribution in [2.24, 2.45) is 0 Å². The maximum Gasteiger partial charge on any atom is 0.340 e. The molecule has 2 aromatic rings. The van der Waals surface area contributed by atoms with Crippen molar-refractivity contribution in [3.05, 3.63) is 17.7 Å². The van der Waals surface area contributed by atoms with Gasteiger partial charge in [0.15, 0.2) is 5.95 Å². The molecular weight excluding hydrogens is 210 g/mol. The van der Waals surface area contributed by atoms with Crippen LogP contribution in [-0.4, -0.2) is 30.2 Å². The maximum atomic E-state index is 11.5. The van der Waals surface area contributed by atoms with E-state index in [1.165, 1.54) is 14.2 Å². The van der Waals surface area contributed by atoms with Crippen molar-refractivity contribution >= 4 is 23.0 Å². The van der Waals surface area contributed by atoms with Crippen molar-refractivity contribution in [1.29, 1.82) is 0 Å². The number of nitrogen functional groups attached to an aromatic ring is 1. The number of hydrogen-bond acceptors (Lipinski definition) is 5. The number of methoxy groups -OCH3 is 2. The molecule has 1 aromatic carbocycles. The fourth-order valence-electron chi connectivity index (χ4n) is 1.53. The molecule has 0 atom stereocenters. The summed E-state index contributed by atoms with van der Waals surface area (Å²) in [6.45, 7) is 0. The monoisotopic (exact) mass is 221 g/mol. The number of hydrogen-bond donors (Lipinski definition) is 2. The van der Waals surface area contributed by atoms with E-state index in [1.807, 2.05) is 0 Å². The Morgan fingerprint density at radius 2 is 2.19 bits per heavy atom. The van der Waals surface area contributed by atoms with Crippen molar-refractivity contribution in [2.45, 2.75) is 0 Å². The highest BCUT2D eigenvalue weighted by Gasteiger charge is 2.16. The first-order valence-corrected chi connectivity index (χ1v) is 4.58. The van der Waals surface area contributed by atoms with Gasteiger partial charge in [0, 0.05) is 0 Å². The van der Waals surface area contributed by atoms with Crippen LogP contribution < -0.4 is 10.5 Å². The van der Waals surface area contributed by atoms with Gasteiger partial charge in [-0.25, -0.2) is 9.78 Å². The first-order chi connectivity index (χ1) is 7.67. The topological polar surface area (TPSA) is 90.2 Å². The molecule has 0 amide bonds. The summed E-state index contributed by atoms with van der Waals surface area (Å²) in [6.07, 6.45) is 0. The summed E-state index contributed by atoms with van der Waals surface area (Å²) in [5.74, 6) is 0.343. The molecule has 1 aromatic heterocycles. The Balaban J connectivity index is 2.73. The average molecular weight is 221 g/mol. The van der Waals surface area contributed by atoms with E-state index < -0.39 is 5.97 Å². The standard InChI is InChI=1S/C10H11N3O3/c1-15-6-4-3-5(9(14)16-2)7-8(6)13-10(11)12-7/h3-4H,1-2H3,(H3,11,12,13). The molecule has 0 unspecified atom stereocenters. The van der Waals surface area contributed by atoms with Crippen LogP contribution in [0.4, 0.5) is 5.95 Å². The zero-order valence-corrected chi connectivity index (χ0v) is 8.90. The summed E-state index contributed by atoms with van der Waals surface area (Å²) in [7, 11) is 2.85. The van der Waals surface area contributed by atoms with Crippen LogP contribution in [0.25, 0.3) is 11.0 Å². The predicted octanol–water partition coefficient (Wildman–Crippen LogP) is 0.940. The van der Waals surface area contributed by atoms with E-state index in [2.05, 4.69) is 14.7 Å². The molecule has 0 aliphatic carbocycles. The molecule has 0 bridgehead atoms. The molecule has 0 saturated carbocycles. The SMILES string of the molecule is COC(=O)c1ccc(OC)c2[nH]c(N)nc12. The number of nitrogens with zero attached hydrogens (tertiary/aromatic N) is 1. The van der Waals surface area contributed by atoms with E-state index in [1.54, 1.807) is 12.1 Å². The number of rotatable bonds is 2. The van der Waals surface area contributed by atoms with E-state index in [9.17, 15) is 4.79 Å². The smallest absolute Gasteiger partial charge is 0.340 e. The van der Waals surface area contributed by atoms with Crippen molar-refractivity contribution in [2.75, 3.05) is 20.0 Å². The number of fused-ring (bicyclic) bond motifs is 1. The molecule has 0 aliphatic heterocycles. The van der Waals surface area contributed by atoms with Gasteiger partial charge in [0.05, 0.1) is 19.8 Å². The van der Waals surface area contributed by atoms with Crippen LogP contribution in [0, 0.1) is 0 Å². The van der Waals surface area contributed by atoms with Crippen LogP contribution in [0.15, 0.2) is 12.1 Å². The van der Waals surface area contributed by atoms with Crippen molar-refractivity contribution in [3.63, 3.8) is 0 Å². The number of benzene rings is 1. The number of aromatic nitrogens is 2. The Hall–Kier alpha value is -2.24. The minimum Gasteiger partial charge on any atom is -0.494 e. The fraction of sp³-hybridized carbons (Fsp3) is 0.200. The van der Waals surface area contributed by atoms with Gasteiger partial charge in [-0.1, -0.05) is 0 Å². The van der Waals surface area contributed by atoms with E-state index in [-0.39, 0.29) is 5.95 Å². The lowest BCUT2D eigenvalue weighted by Gasteiger charge is -2.03. The Labute approximate surface area is 91.4 Å². The number of anilines is 1. The van der Waals surface area contributed by atoms with Gasteiger partial charge in [-0.15, -0.1) is 0 Å². The zero-order valence-electron chi connectivity index (χ0n) is 8.90. The minimum absolute atomic E-state index is 0.227. The lowest BCUT2D eigenvalue weighted by atomic mass is 10.2. The summed E-state index contributed by atoms with van der Waals surface area (Å²) >= 11 is 0. The lowest BCUT2D eigenvalue weighted by Crippen LogP contribution is -2.02. The van der Waals surface area contributed by atoms with Gasteiger partial charge < -0.3 is 20.2 Å². The lowest BCUT2D eigenvalue weighted by molar-refractivity contribution is 0.0603. The number of aromatic amines is 1. The number of imidazole rings is 1. The number of H-pyrrole nitrogens is 1. The van der Waals surface area contributed by atoms with Crippen LogP contribution in [0.5, 0.6) is 5.75 Å². The zero-order chi connectivity index (χ0) is 11.7. The van der Waals surface area contributed by atoms with E-state index in [0.29, 0.717) is 22.3 Å². The average Bonchev–Trinajstić information content (AvgIpc) is 2.67. The number of carbonyl (C=O) groups excluding carboxylic acids is 1. The summed E-state index contributed by atoms with van der Waals surface area (Å²) < 4.78 is 9.78. The van der Waals surface area contributed by atoms with Gasteiger partial charge in [-0.05, 0) is 12.1 Å². The quantitative estimate of drug-likeness (QED) is 0.736. The third-order valence-corrected chi connectivity index (χ3v) is 2.25. The first-order valence-electron chi connectivity index (χ1n) is 4.58. The van der Waals surface area contributed by atoms with Gasteiger partial charge in [0.1, 0.15) is 16.8 Å². The molecule has 84 valence electrons. The van der Waals surface area contributed by atoms with Gasteiger partial charge in [0.2, 0.25) is 0 Å². The highest BCUT2D eigenvalue weighted by atomic mass is 16.5. The molecule has 16 heavy (non-hydrogen) atoms. The van der Waals surface area contributed by atoms with E-state index >= 15 is 0 Å². The molecule has 3 N–H and O–H groups in total. The van der Waals surface area contributed by atoms with E-state index in [0.717, 1.165) is 0 Å². The second-order valence-corrected chi connectivity index (χ2v) is 3.15. The van der Waals surface area contributed by atoms with Gasteiger partial charge in [-0.2, -0.15) is 0 Å². The first kappa shape index (κ1) is 10.3. The second kappa shape index (κ2) is 3.73. The summed E-state index contributed by atoms with van der Waals surface area (Å²) in [6, 6.07) is 3.25. The number of ether oxygens (including phenoxy) is 2. The Morgan fingerprint density at radius 1 is 1.44 bits per heavy atom. The van der Waals surface area contributed by atoms with Crippen LogP contribution in [0.3, 0.4) is 0 Å². The molecule has 0 aliphatic rings. The van der Waals surface area contributed by atoms with Crippen molar-refractivity contribution in [1.82, 2.24) is 9.97 Å². The molecular formula is C10H11N3O3. The minimum atomic E-state index is -0.459. The molecule has 0 radical (unpaired) electrons. The van der Waals surface area contributed by atoms with Crippen molar-refractivity contribution < 1.29 is 14.3 Å². The Kier molecular flexibility index (Phi) is 2.40. The van der Waals surface area contributed by atoms with E-state index in [4.69, 9.17) is 10.5 Å². The largest absolute Gasteiger partial charge is 0.494 e. The van der Waals surface area contributed by atoms with Gasteiger partial charge in [-0.3, -0.25) is 0 Å². The number of carbonyl (C=O) groups is 1. The third kappa shape index (κ3) is 1.44. The highest BCUT2D eigenvalue weighted by molar-refractivity contribution is 6.04. The molecule has 0 saturated heterocycles. The van der Waals surface area contributed by atoms with Crippen molar-refractivity contribution in [3.8, 4) is 5.75 Å². The third-order valence-electron chi connectivity index (χ3n) is 2.25. The summed E-state index contributed by atoms with van der Waals surface area (Å²) in [5.41, 5.74) is 6.94. The molecule has 2 rings (SSSR count). The fourth-order valence-corrected chi connectivity index (χ4v) is 1.53. The maximum absolute atomic E-state index is 11.5. The molecule has 0 fully saturated rings. The van der Waals surface area contributed by atoms with Crippen LogP contribution in [-0.2, 0) is 4.74 Å². The molecule has 1 heterocycles. The van der Waals surface area contributed by atoms with Gasteiger partial charge >= 0.3 is 5.97 Å². The van der Waals surface area contributed by atoms with Crippen LogP contribution in [0.1, 0.15) is 10.4 Å². The second-order valence-electron chi connectivity index (χ2n) is 3.15. The molecule has 6 nitrogen and oxygen atoms in total. The Bertz CT molecular complexity index is 547. The number of esters is 1.